The molecule has 4 N–H and O–H groups in total. The van der Waals surface area contributed by atoms with Crippen molar-refractivity contribution in [2.75, 3.05) is 13.7 Å². The van der Waals surface area contributed by atoms with Crippen LogP contribution in [0, 0.1) is 5.92 Å². The van der Waals surface area contributed by atoms with Crippen molar-refractivity contribution >= 4 is 18.5 Å². The Hall–Kier alpha value is -2.28. The van der Waals surface area contributed by atoms with Gasteiger partial charge in [0.25, 0.3) is 0 Å². The fraction of sp³-hybridized carbons (Fsp3) is 0.500. The molecule has 2 aromatic carbocycles. The maximum absolute atomic E-state index is 11.3. The Morgan fingerprint density at radius 3 is 2.48 bits per heavy atom. The van der Waals surface area contributed by atoms with Crippen LogP contribution in [0.5, 0.6) is 5.75 Å². The second-order valence-corrected chi connectivity index (χ2v) is 8.84. The van der Waals surface area contributed by atoms with Gasteiger partial charge in [0.05, 0.1) is 19.3 Å². The molecule has 1 fully saturated rings. The number of carboxylic acid groups (broad SMARTS) is 1. The van der Waals surface area contributed by atoms with Crippen molar-refractivity contribution in [2.24, 2.45) is 5.92 Å². The SMILES string of the molecule is COc1cccc(CNC[C@@H](O)[C@H](Cc2cccc(CC3CCCCC3)c2)NC(=O)O)c1.Cl. The largest absolute Gasteiger partial charge is 0.497 e. The van der Waals surface area contributed by atoms with Gasteiger partial charge >= 0.3 is 6.09 Å². The summed E-state index contributed by atoms with van der Waals surface area (Å²) in [6.45, 7) is 0.842. The smallest absolute Gasteiger partial charge is 0.404 e. The maximum Gasteiger partial charge on any atom is 0.404 e. The van der Waals surface area contributed by atoms with Crippen LogP contribution in [0.2, 0.25) is 0 Å². The molecule has 0 spiro atoms. The first kappa shape index (κ1) is 27.0. The second-order valence-electron chi connectivity index (χ2n) is 8.84. The number of amides is 1. The Morgan fingerprint density at radius 2 is 1.76 bits per heavy atom. The quantitative estimate of drug-likeness (QED) is 0.381. The van der Waals surface area contributed by atoms with E-state index < -0.39 is 18.2 Å². The van der Waals surface area contributed by atoms with E-state index in [0.29, 0.717) is 13.0 Å². The second kappa shape index (κ2) is 14.1. The van der Waals surface area contributed by atoms with Crippen LogP contribution in [0.1, 0.15) is 48.8 Å². The molecule has 3 rings (SSSR count). The molecule has 1 amide bonds. The summed E-state index contributed by atoms with van der Waals surface area (Å²) in [5, 5.41) is 25.7. The Kier molecular flexibility index (Phi) is 11.5. The van der Waals surface area contributed by atoms with E-state index in [1.165, 1.54) is 37.7 Å². The van der Waals surface area contributed by atoms with Crippen LogP contribution in [0.25, 0.3) is 0 Å². The molecule has 1 saturated carbocycles. The molecule has 0 unspecified atom stereocenters. The van der Waals surface area contributed by atoms with Gasteiger partial charge in [0.2, 0.25) is 0 Å². The highest BCUT2D eigenvalue weighted by Crippen LogP contribution is 2.27. The third kappa shape index (κ3) is 9.24. The molecule has 0 saturated heterocycles. The predicted octanol–water partition coefficient (Wildman–Crippen LogP) is 4.57. The summed E-state index contributed by atoms with van der Waals surface area (Å²) >= 11 is 0. The number of ether oxygens (including phenoxy) is 1. The topological polar surface area (TPSA) is 90.8 Å². The van der Waals surface area contributed by atoms with Crippen LogP contribution in [0.3, 0.4) is 0 Å². The van der Waals surface area contributed by atoms with Crippen molar-refractivity contribution in [3.63, 3.8) is 0 Å². The van der Waals surface area contributed by atoms with Crippen LogP contribution >= 0.6 is 12.4 Å². The molecule has 6 nitrogen and oxygen atoms in total. The predicted molar refractivity (Wildman–Crippen MR) is 133 cm³/mol. The molecule has 1 aliphatic carbocycles. The first-order chi connectivity index (χ1) is 15.5. The Bertz CT molecular complexity index is 858. The summed E-state index contributed by atoms with van der Waals surface area (Å²) in [7, 11) is 1.63. The molecule has 182 valence electrons. The lowest BCUT2D eigenvalue weighted by Gasteiger charge is -2.24. The Labute approximate surface area is 203 Å². The summed E-state index contributed by atoms with van der Waals surface area (Å²) in [5.41, 5.74) is 3.38. The van der Waals surface area contributed by atoms with Crippen LogP contribution < -0.4 is 15.4 Å². The van der Waals surface area contributed by atoms with E-state index >= 15 is 0 Å². The van der Waals surface area contributed by atoms with Gasteiger partial charge in [-0.3, -0.25) is 0 Å². The van der Waals surface area contributed by atoms with Crippen LogP contribution in [0.15, 0.2) is 48.5 Å². The summed E-state index contributed by atoms with van der Waals surface area (Å²) in [4.78, 5) is 11.3. The van der Waals surface area contributed by atoms with Crippen molar-refractivity contribution in [1.29, 1.82) is 0 Å². The number of halogens is 1. The van der Waals surface area contributed by atoms with Crippen molar-refractivity contribution in [3.8, 4) is 5.75 Å². The lowest BCUT2D eigenvalue weighted by Crippen LogP contribution is -2.48. The van der Waals surface area contributed by atoms with E-state index in [1.807, 2.05) is 36.4 Å². The van der Waals surface area contributed by atoms with E-state index in [9.17, 15) is 15.0 Å². The molecular weight excluding hydrogens is 440 g/mol. The van der Waals surface area contributed by atoms with E-state index in [1.54, 1.807) is 7.11 Å². The molecule has 0 aromatic heterocycles. The first-order valence-electron chi connectivity index (χ1n) is 11.6. The number of carbonyl (C=O) groups is 1. The number of aliphatic hydroxyl groups excluding tert-OH is 1. The zero-order valence-corrected chi connectivity index (χ0v) is 20.2. The first-order valence-corrected chi connectivity index (χ1v) is 11.6. The summed E-state index contributed by atoms with van der Waals surface area (Å²) in [5.74, 6) is 1.53. The van der Waals surface area contributed by atoms with E-state index in [0.717, 1.165) is 29.2 Å². The number of benzene rings is 2. The highest BCUT2D eigenvalue weighted by Gasteiger charge is 2.22. The van der Waals surface area contributed by atoms with Crippen molar-refractivity contribution in [1.82, 2.24) is 10.6 Å². The van der Waals surface area contributed by atoms with Crippen molar-refractivity contribution < 1.29 is 19.7 Å². The highest BCUT2D eigenvalue weighted by atomic mass is 35.5. The normalized spacial score (nSPS) is 15.8. The minimum atomic E-state index is -1.12. The van der Waals surface area contributed by atoms with Crippen molar-refractivity contribution in [3.05, 3.63) is 65.2 Å². The van der Waals surface area contributed by atoms with E-state index in [4.69, 9.17) is 4.74 Å². The van der Waals surface area contributed by atoms with Gasteiger partial charge in [-0.05, 0) is 47.6 Å². The summed E-state index contributed by atoms with van der Waals surface area (Å²) in [6.07, 6.45) is 6.15. The Morgan fingerprint density at radius 1 is 1.06 bits per heavy atom. The van der Waals surface area contributed by atoms with Gasteiger partial charge in [-0.15, -0.1) is 12.4 Å². The summed E-state index contributed by atoms with van der Waals surface area (Å²) < 4.78 is 5.24. The number of nitrogens with one attached hydrogen (secondary N) is 2. The number of rotatable bonds is 11. The molecule has 0 bridgehead atoms. The molecule has 0 aliphatic heterocycles. The fourth-order valence-corrected chi connectivity index (χ4v) is 4.59. The van der Waals surface area contributed by atoms with Crippen molar-refractivity contribution in [2.45, 2.75) is 63.6 Å². The third-order valence-electron chi connectivity index (χ3n) is 6.29. The van der Waals surface area contributed by atoms with Gasteiger partial charge in [0, 0.05) is 13.1 Å². The van der Waals surface area contributed by atoms with Gasteiger partial charge in [-0.25, -0.2) is 4.79 Å². The average molecular weight is 477 g/mol. The molecule has 1 aliphatic rings. The molecule has 33 heavy (non-hydrogen) atoms. The Balaban J connectivity index is 0.00000385. The highest BCUT2D eigenvalue weighted by molar-refractivity contribution is 5.85. The van der Waals surface area contributed by atoms with Gasteiger partial charge in [0.15, 0.2) is 0 Å². The third-order valence-corrected chi connectivity index (χ3v) is 6.29. The van der Waals surface area contributed by atoms with Crippen LogP contribution in [0.4, 0.5) is 4.79 Å². The molecular formula is C26H37ClN2O4. The van der Waals surface area contributed by atoms with Gasteiger partial charge < -0.3 is 25.6 Å². The van der Waals surface area contributed by atoms with E-state index in [2.05, 4.69) is 22.8 Å². The molecule has 2 aromatic rings. The van der Waals surface area contributed by atoms with E-state index in [-0.39, 0.29) is 19.0 Å². The van der Waals surface area contributed by atoms with Gasteiger partial charge in [0.1, 0.15) is 5.75 Å². The molecule has 0 radical (unpaired) electrons. The monoisotopic (exact) mass is 476 g/mol. The average Bonchev–Trinajstić information content (AvgIpc) is 2.79. The fourth-order valence-electron chi connectivity index (χ4n) is 4.59. The van der Waals surface area contributed by atoms with Gasteiger partial charge in [-0.1, -0.05) is 68.5 Å². The molecule has 2 atom stereocenters. The minimum Gasteiger partial charge on any atom is -0.497 e. The zero-order valence-electron chi connectivity index (χ0n) is 19.3. The lowest BCUT2D eigenvalue weighted by molar-refractivity contribution is 0.117. The standard InChI is InChI=1S/C26H36N2O4.ClH/c1-32-23-12-6-11-22(15-23)17-27-18-25(29)24(28-26(30)31)16-21-10-5-9-20(14-21)13-19-7-3-2-4-8-19;/h5-6,9-12,14-15,19,24-25,27-29H,2-4,7-8,13,16-18H2,1H3,(H,30,31);1H/t24-,25+;/m0./s1. The summed E-state index contributed by atoms with van der Waals surface area (Å²) in [6, 6.07) is 15.5. The molecule has 7 heteroatoms. The number of methoxy groups -OCH3 is 1. The molecule has 0 heterocycles. The number of hydrogen-bond acceptors (Lipinski definition) is 4. The number of hydrogen-bond donors (Lipinski definition) is 4. The van der Waals surface area contributed by atoms with Gasteiger partial charge in [-0.2, -0.15) is 0 Å². The lowest BCUT2D eigenvalue weighted by atomic mass is 9.84. The maximum atomic E-state index is 11.3. The van der Waals surface area contributed by atoms with Crippen LogP contribution in [-0.4, -0.2) is 42.1 Å². The minimum absolute atomic E-state index is 0. The zero-order chi connectivity index (χ0) is 22.8. The number of aliphatic hydroxyl groups is 1. The van der Waals surface area contributed by atoms with Crippen LogP contribution in [-0.2, 0) is 19.4 Å².